The average Bonchev–Trinajstić information content (AvgIpc) is 2.13. The topological polar surface area (TPSA) is 20.3 Å². The van der Waals surface area contributed by atoms with Crippen LogP contribution < -0.4 is 0 Å². The molecule has 1 aliphatic rings. The molecule has 0 atom stereocenters. The van der Waals surface area contributed by atoms with Gasteiger partial charge in [0.1, 0.15) is 0 Å². The fourth-order valence-electron chi connectivity index (χ4n) is 0.726. The number of hydrogen-bond acceptors (Lipinski definition) is 1. The molecule has 0 unspecified atom stereocenters. The Hall–Kier alpha value is -1.23. The van der Waals surface area contributed by atoms with Crippen LogP contribution in [0.5, 0.6) is 0 Å². The summed E-state index contributed by atoms with van der Waals surface area (Å²) in [6.45, 7) is 0.593. The number of terminal acetylenes is 1. The summed E-state index contributed by atoms with van der Waals surface area (Å²) < 4.78 is 0. The Labute approximate surface area is 54.2 Å². The van der Waals surface area contributed by atoms with Crippen LogP contribution in [-0.4, -0.2) is 24.4 Å². The van der Waals surface area contributed by atoms with E-state index in [2.05, 4.69) is 5.92 Å². The molecule has 0 spiro atoms. The van der Waals surface area contributed by atoms with E-state index in [1.807, 2.05) is 0 Å². The van der Waals surface area contributed by atoms with Gasteiger partial charge in [0.2, 0.25) is 5.91 Å². The molecule has 9 heavy (non-hydrogen) atoms. The van der Waals surface area contributed by atoms with Gasteiger partial charge < -0.3 is 4.90 Å². The number of carbonyl (C=O) groups is 1. The van der Waals surface area contributed by atoms with E-state index in [0.29, 0.717) is 6.54 Å². The summed E-state index contributed by atoms with van der Waals surface area (Å²) in [6.07, 6.45) is 6.55. The summed E-state index contributed by atoms with van der Waals surface area (Å²) in [6, 6.07) is 0. The van der Waals surface area contributed by atoms with Gasteiger partial charge in [-0.25, -0.2) is 0 Å². The Morgan fingerprint density at radius 2 is 2.56 bits per heavy atom. The summed E-state index contributed by atoms with van der Waals surface area (Å²) >= 11 is 0. The zero-order valence-corrected chi connectivity index (χ0v) is 5.22. The van der Waals surface area contributed by atoms with Gasteiger partial charge in [0, 0.05) is 18.7 Å². The zero-order chi connectivity index (χ0) is 6.85. The summed E-state index contributed by atoms with van der Waals surface area (Å²) in [4.78, 5) is 12.3. The first-order valence-corrected chi connectivity index (χ1v) is 2.66. The maximum Gasteiger partial charge on any atom is 0.247 e. The van der Waals surface area contributed by atoms with Gasteiger partial charge in [-0.1, -0.05) is 5.92 Å². The molecule has 0 radical (unpaired) electrons. The quantitative estimate of drug-likeness (QED) is 0.414. The highest BCUT2D eigenvalue weighted by molar-refractivity contribution is 5.92. The molecule has 46 valence electrons. The van der Waals surface area contributed by atoms with Crippen LogP contribution in [0, 0.1) is 12.3 Å². The van der Waals surface area contributed by atoms with Gasteiger partial charge in [-0.2, -0.15) is 0 Å². The van der Waals surface area contributed by atoms with E-state index in [-0.39, 0.29) is 5.91 Å². The third-order valence-corrected chi connectivity index (χ3v) is 1.27. The van der Waals surface area contributed by atoms with Crippen molar-refractivity contribution in [2.75, 3.05) is 13.6 Å². The summed E-state index contributed by atoms with van der Waals surface area (Å²) in [5.41, 5.74) is 0.766. The Morgan fingerprint density at radius 3 is 2.78 bits per heavy atom. The van der Waals surface area contributed by atoms with Crippen molar-refractivity contribution in [2.24, 2.45) is 0 Å². The Kier molecular flexibility index (Phi) is 1.27. The Morgan fingerprint density at radius 1 is 1.89 bits per heavy atom. The number of likely N-dealkylation sites (N-methyl/N-ethyl adjacent to an activating group) is 1. The fourth-order valence-corrected chi connectivity index (χ4v) is 0.726. The van der Waals surface area contributed by atoms with Crippen molar-refractivity contribution < 1.29 is 4.79 Å². The first-order chi connectivity index (χ1) is 4.24. The minimum atomic E-state index is 0.00273. The van der Waals surface area contributed by atoms with Gasteiger partial charge in [-0.15, -0.1) is 6.42 Å². The van der Waals surface area contributed by atoms with Crippen LogP contribution in [0.3, 0.4) is 0 Å². The van der Waals surface area contributed by atoms with Crippen molar-refractivity contribution in [2.45, 2.75) is 0 Å². The van der Waals surface area contributed by atoms with Gasteiger partial charge in [0.05, 0.1) is 6.54 Å². The SMILES string of the molecule is C#CC1=CC(=O)N(C)C1. The molecule has 0 bridgehead atoms. The molecule has 1 rings (SSSR count). The summed E-state index contributed by atoms with van der Waals surface area (Å²) in [5.74, 6) is 2.43. The average molecular weight is 121 g/mol. The molecule has 0 aliphatic carbocycles. The molecule has 0 saturated carbocycles. The second kappa shape index (κ2) is 1.94. The normalized spacial score (nSPS) is 17.6. The molecule has 0 aromatic rings. The predicted molar refractivity (Wildman–Crippen MR) is 34.6 cm³/mol. The second-order valence-corrected chi connectivity index (χ2v) is 2.01. The molecule has 2 heteroatoms. The molecule has 1 heterocycles. The van der Waals surface area contributed by atoms with Gasteiger partial charge in [-0.3, -0.25) is 4.79 Å². The smallest absolute Gasteiger partial charge is 0.247 e. The standard InChI is InChI=1S/C7H7NO/c1-3-6-4-7(9)8(2)5-6/h1,4H,5H2,2H3. The maximum atomic E-state index is 10.7. The van der Waals surface area contributed by atoms with Crippen molar-refractivity contribution in [3.05, 3.63) is 11.6 Å². The molecule has 1 amide bonds. The lowest BCUT2D eigenvalue weighted by Crippen LogP contribution is -2.19. The first kappa shape index (κ1) is 5.90. The lowest BCUT2D eigenvalue weighted by atomic mass is 10.3. The van der Waals surface area contributed by atoms with Crippen molar-refractivity contribution in [1.29, 1.82) is 0 Å². The number of amides is 1. The van der Waals surface area contributed by atoms with Crippen molar-refractivity contribution in [3.63, 3.8) is 0 Å². The largest absolute Gasteiger partial charge is 0.337 e. The maximum absolute atomic E-state index is 10.7. The minimum Gasteiger partial charge on any atom is -0.337 e. The molecular weight excluding hydrogens is 114 g/mol. The van der Waals surface area contributed by atoms with E-state index >= 15 is 0 Å². The van der Waals surface area contributed by atoms with E-state index in [1.165, 1.54) is 6.08 Å². The van der Waals surface area contributed by atoms with Crippen molar-refractivity contribution >= 4 is 5.91 Å². The fraction of sp³-hybridized carbons (Fsp3) is 0.286. The Bertz CT molecular complexity index is 209. The molecular formula is C7H7NO. The van der Waals surface area contributed by atoms with E-state index in [9.17, 15) is 4.79 Å². The van der Waals surface area contributed by atoms with Gasteiger partial charge in [0.15, 0.2) is 0 Å². The van der Waals surface area contributed by atoms with Gasteiger partial charge >= 0.3 is 0 Å². The molecule has 2 nitrogen and oxygen atoms in total. The van der Waals surface area contributed by atoms with Crippen LogP contribution in [0.15, 0.2) is 11.6 Å². The van der Waals surface area contributed by atoms with Crippen LogP contribution in [0.2, 0.25) is 0 Å². The summed E-state index contributed by atoms with van der Waals surface area (Å²) in [5, 5.41) is 0. The van der Waals surface area contributed by atoms with Crippen molar-refractivity contribution in [1.82, 2.24) is 4.90 Å². The van der Waals surface area contributed by atoms with Gasteiger partial charge in [-0.05, 0) is 0 Å². The van der Waals surface area contributed by atoms with E-state index in [0.717, 1.165) is 5.57 Å². The summed E-state index contributed by atoms with van der Waals surface area (Å²) in [7, 11) is 1.73. The number of nitrogens with zero attached hydrogens (tertiary/aromatic N) is 1. The Balaban J connectivity index is 2.77. The molecule has 1 aliphatic heterocycles. The first-order valence-electron chi connectivity index (χ1n) is 2.66. The lowest BCUT2D eigenvalue weighted by molar-refractivity contribution is -0.123. The lowest BCUT2D eigenvalue weighted by Gasteiger charge is -2.04. The number of hydrogen-bond donors (Lipinski definition) is 0. The van der Waals surface area contributed by atoms with Crippen LogP contribution in [-0.2, 0) is 4.79 Å². The second-order valence-electron chi connectivity index (χ2n) is 2.01. The molecule has 0 aromatic heterocycles. The molecule has 0 aromatic carbocycles. The van der Waals surface area contributed by atoms with Crippen LogP contribution in [0.1, 0.15) is 0 Å². The van der Waals surface area contributed by atoms with E-state index in [1.54, 1.807) is 11.9 Å². The van der Waals surface area contributed by atoms with Crippen LogP contribution in [0.4, 0.5) is 0 Å². The third kappa shape index (κ3) is 0.945. The number of rotatable bonds is 0. The van der Waals surface area contributed by atoms with Crippen LogP contribution in [0.25, 0.3) is 0 Å². The molecule has 0 fully saturated rings. The highest BCUT2D eigenvalue weighted by Gasteiger charge is 2.14. The van der Waals surface area contributed by atoms with Gasteiger partial charge in [0.25, 0.3) is 0 Å². The van der Waals surface area contributed by atoms with Crippen LogP contribution >= 0.6 is 0 Å². The van der Waals surface area contributed by atoms with E-state index in [4.69, 9.17) is 6.42 Å². The zero-order valence-electron chi connectivity index (χ0n) is 5.22. The third-order valence-electron chi connectivity index (χ3n) is 1.27. The molecule has 0 saturated heterocycles. The molecule has 0 N–H and O–H groups in total. The van der Waals surface area contributed by atoms with Crippen molar-refractivity contribution in [3.8, 4) is 12.3 Å². The number of carbonyl (C=O) groups excluding carboxylic acids is 1. The highest BCUT2D eigenvalue weighted by atomic mass is 16.2. The highest BCUT2D eigenvalue weighted by Crippen LogP contribution is 2.05. The predicted octanol–water partition coefficient (Wildman–Crippen LogP) is 0.0180. The minimum absolute atomic E-state index is 0.00273. The van der Waals surface area contributed by atoms with E-state index < -0.39 is 0 Å². The monoisotopic (exact) mass is 121 g/mol.